The van der Waals surface area contributed by atoms with Gasteiger partial charge in [-0.15, -0.1) is 0 Å². The second kappa shape index (κ2) is 4.14. The van der Waals surface area contributed by atoms with Gasteiger partial charge in [0.25, 0.3) is 0 Å². The van der Waals surface area contributed by atoms with Crippen molar-refractivity contribution < 1.29 is 9.31 Å². The molecule has 1 aromatic heterocycles. The molecule has 0 aliphatic carbocycles. The smallest absolute Gasteiger partial charge is 0.305 e. The van der Waals surface area contributed by atoms with Gasteiger partial charge in [-0.1, -0.05) is 12.1 Å². The first-order chi connectivity index (χ1) is 7.68. The molecule has 0 amide bonds. The van der Waals surface area contributed by atoms with Gasteiger partial charge < -0.3 is 4.57 Å². The van der Waals surface area contributed by atoms with Gasteiger partial charge in [0.15, 0.2) is 0 Å². The molecule has 4 nitrogen and oxygen atoms in total. The number of benzene rings is 1. The van der Waals surface area contributed by atoms with E-state index in [0.717, 1.165) is 6.07 Å². The monoisotopic (exact) mass is 220 g/mol. The molecule has 0 aliphatic heterocycles. The van der Waals surface area contributed by atoms with Crippen LogP contribution in [-0.4, -0.2) is 9.49 Å². The number of rotatable bonds is 3. The number of hydrogen-bond donors (Lipinski definition) is 0. The third kappa shape index (κ3) is 1.93. The summed E-state index contributed by atoms with van der Waals surface area (Å²) < 4.78 is 15.4. The number of nitrogens with zero attached hydrogens (tertiary/aromatic N) is 2. The predicted molar refractivity (Wildman–Crippen MR) is 56.6 cm³/mol. The highest BCUT2D eigenvalue weighted by Crippen LogP contribution is 2.20. The quantitative estimate of drug-likeness (QED) is 0.589. The van der Waals surface area contributed by atoms with E-state index in [1.165, 1.54) is 6.07 Å². The van der Waals surface area contributed by atoms with Crippen LogP contribution in [0.15, 0.2) is 42.7 Å². The van der Waals surface area contributed by atoms with Crippen molar-refractivity contribution in [2.45, 2.75) is 6.54 Å². The highest BCUT2D eigenvalue weighted by atomic mass is 19.1. The lowest BCUT2D eigenvalue weighted by Gasteiger charge is -2.04. The molecule has 0 radical (unpaired) electrons. The number of nitro benzene ring substituents is 1. The molecule has 0 atom stereocenters. The second-order valence-corrected chi connectivity index (χ2v) is 3.36. The highest BCUT2D eigenvalue weighted by Gasteiger charge is 2.16. The van der Waals surface area contributed by atoms with Gasteiger partial charge in [-0.2, -0.15) is 4.39 Å². The fraction of sp³-hybridized carbons (Fsp3) is 0.0909. The van der Waals surface area contributed by atoms with E-state index in [2.05, 4.69) is 0 Å². The molecular formula is C11H9FN2O2. The van der Waals surface area contributed by atoms with Gasteiger partial charge in [-0.25, -0.2) is 0 Å². The summed E-state index contributed by atoms with van der Waals surface area (Å²) >= 11 is 0. The Balaban J connectivity index is 2.35. The van der Waals surface area contributed by atoms with Crippen LogP contribution < -0.4 is 0 Å². The molecule has 0 unspecified atom stereocenters. The zero-order chi connectivity index (χ0) is 11.5. The molecule has 0 saturated carbocycles. The lowest BCUT2D eigenvalue weighted by atomic mass is 10.2. The summed E-state index contributed by atoms with van der Waals surface area (Å²) in [4.78, 5) is 9.82. The van der Waals surface area contributed by atoms with Crippen molar-refractivity contribution in [1.82, 2.24) is 4.57 Å². The van der Waals surface area contributed by atoms with Gasteiger partial charge in [0.2, 0.25) is 5.82 Å². The molecule has 2 rings (SSSR count). The van der Waals surface area contributed by atoms with Crippen molar-refractivity contribution >= 4 is 5.69 Å². The number of hydrogen-bond acceptors (Lipinski definition) is 2. The molecule has 0 spiro atoms. The molecule has 0 N–H and O–H groups in total. The van der Waals surface area contributed by atoms with Crippen LogP contribution in [0.3, 0.4) is 0 Å². The molecule has 0 fully saturated rings. The van der Waals surface area contributed by atoms with Gasteiger partial charge in [-0.05, 0) is 12.1 Å². The first-order valence-corrected chi connectivity index (χ1v) is 4.71. The van der Waals surface area contributed by atoms with Crippen LogP contribution in [0.25, 0.3) is 0 Å². The maximum Gasteiger partial charge on any atom is 0.305 e. The molecule has 0 saturated heterocycles. The van der Waals surface area contributed by atoms with Crippen LogP contribution in [0.2, 0.25) is 0 Å². The first kappa shape index (κ1) is 10.4. The van der Waals surface area contributed by atoms with Crippen molar-refractivity contribution in [2.24, 2.45) is 0 Å². The van der Waals surface area contributed by atoms with E-state index >= 15 is 0 Å². The van der Waals surface area contributed by atoms with Crippen LogP contribution in [0.1, 0.15) is 5.56 Å². The largest absolute Gasteiger partial charge is 0.350 e. The van der Waals surface area contributed by atoms with Crippen molar-refractivity contribution in [3.05, 3.63) is 64.2 Å². The van der Waals surface area contributed by atoms with E-state index in [-0.39, 0.29) is 0 Å². The van der Waals surface area contributed by atoms with Crippen LogP contribution in [0.5, 0.6) is 0 Å². The van der Waals surface area contributed by atoms with Crippen LogP contribution in [-0.2, 0) is 6.54 Å². The van der Waals surface area contributed by atoms with E-state index in [0.29, 0.717) is 12.1 Å². The maximum atomic E-state index is 13.7. The SMILES string of the molecule is O=[N+]([O-])c1cccc(Cn2cccc2)c1F. The molecule has 1 aromatic carbocycles. The highest BCUT2D eigenvalue weighted by molar-refractivity contribution is 5.36. The Labute approximate surface area is 91.1 Å². The minimum atomic E-state index is -0.763. The first-order valence-electron chi connectivity index (χ1n) is 4.71. The van der Waals surface area contributed by atoms with Crippen LogP contribution in [0.4, 0.5) is 10.1 Å². The molecule has 16 heavy (non-hydrogen) atoms. The summed E-state index contributed by atoms with van der Waals surface area (Å²) in [5, 5.41) is 10.5. The zero-order valence-corrected chi connectivity index (χ0v) is 8.34. The second-order valence-electron chi connectivity index (χ2n) is 3.36. The van der Waals surface area contributed by atoms with E-state index in [4.69, 9.17) is 0 Å². The van der Waals surface area contributed by atoms with Gasteiger partial charge in [0, 0.05) is 24.0 Å². The van der Waals surface area contributed by atoms with Crippen molar-refractivity contribution in [2.75, 3.05) is 0 Å². The van der Waals surface area contributed by atoms with Crippen LogP contribution >= 0.6 is 0 Å². The van der Waals surface area contributed by atoms with Gasteiger partial charge in [-0.3, -0.25) is 10.1 Å². The molecular weight excluding hydrogens is 211 g/mol. The Morgan fingerprint density at radius 2 is 1.94 bits per heavy atom. The van der Waals surface area contributed by atoms with Gasteiger partial charge in [0.1, 0.15) is 0 Å². The topological polar surface area (TPSA) is 48.1 Å². The summed E-state index contributed by atoms with van der Waals surface area (Å²) in [5.74, 6) is -0.763. The Hall–Kier alpha value is -2.17. The summed E-state index contributed by atoms with van der Waals surface area (Å²) in [7, 11) is 0. The average Bonchev–Trinajstić information content (AvgIpc) is 2.73. The molecule has 1 heterocycles. The molecule has 0 bridgehead atoms. The summed E-state index contributed by atoms with van der Waals surface area (Å²) in [5.41, 5.74) is -0.171. The van der Waals surface area contributed by atoms with Crippen molar-refractivity contribution in [1.29, 1.82) is 0 Å². The number of aromatic nitrogens is 1. The third-order valence-electron chi connectivity index (χ3n) is 2.27. The van der Waals surface area contributed by atoms with E-state index < -0.39 is 16.4 Å². The van der Waals surface area contributed by atoms with Crippen LogP contribution in [0, 0.1) is 15.9 Å². The van der Waals surface area contributed by atoms with E-state index in [9.17, 15) is 14.5 Å². The lowest BCUT2D eigenvalue weighted by Crippen LogP contribution is -2.02. The average molecular weight is 220 g/mol. The molecule has 5 heteroatoms. The summed E-state index contributed by atoms with van der Waals surface area (Å²) in [6.45, 7) is 0.292. The summed E-state index contributed by atoms with van der Waals surface area (Å²) in [6.07, 6.45) is 3.55. The minimum absolute atomic E-state index is 0.292. The standard InChI is InChI=1S/C11H9FN2O2/c12-11-9(8-13-6-1-2-7-13)4-3-5-10(11)14(15)16/h1-7H,8H2. The molecule has 2 aromatic rings. The Kier molecular flexibility index (Phi) is 2.68. The molecule has 0 aliphatic rings. The number of halogens is 1. The number of nitro groups is 1. The minimum Gasteiger partial charge on any atom is -0.350 e. The Morgan fingerprint density at radius 3 is 2.56 bits per heavy atom. The van der Waals surface area contributed by atoms with Gasteiger partial charge >= 0.3 is 5.69 Å². The molecule has 82 valence electrons. The van der Waals surface area contributed by atoms with Crippen molar-refractivity contribution in [3.63, 3.8) is 0 Å². The Bertz CT molecular complexity index is 509. The van der Waals surface area contributed by atoms with Gasteiger partial charge in [0.05, 0.1) is 11.5 Å². The predicted octanol–water partition coefficient (Wildman–Crippen LogP) is 2.58. The maximum absolute atomic E-state index is 13.7. The fourth-order valence-electron chi connectivity index (χ4n) is 1.50. The third-order valence-corrected chi connectivity index (χ3v) is 2.27. The zero-order valence-electron chi connectivity index (χ0n) is 8.34. The lowest BCUT2D eigenvalue weighted by molar-refractivity contribution is -0.387. The Morgan fingerprint density at radius 1 is 1.25 bits per heavy atom. The summed E-state index contributed by atoms with van der Waals surface area (Å²) in [6, 6.07) is 7.82. The van der Waals surface area contributed by atoms with E-state index in [1.54, 1.807) is 23.0 Å². The van der Waals surface area contributed by atoms with E-state index in [1.807, 2.05) is 12.1 Å². The fourth-order valence-corrected chi connectivity index (χ4v) is 1.50. The van der Waals surface area contributed by atoms with Crippen molar-refractivity contribution in [3.8, 4) is 0 Å². The normalized spacial score (nSPS) is 10.3.